The molecule has 1 aliphatic rings. The molecule has 1 aliphatic heterocycles. The fraction of sp³-hybridized carbons (Fsp3) is 1.00. The van der Waals surface area contributed by atoms with E-state index in [1.165, 1.54) is 0 Å². The van der Waals surface area contributed by atoms with Gasteiger partial charge in [-0.3, -0.25) is 0 Å². The van der Waals surface area contributed by atoms with E-state index < -0.39 is 30.7 Å². The van der Waals surface area contributed by atoms with E-state index in [4.69, 9.17) is 9.47 Å². The fourth-order valence-corrected chi connectivity index (χ4v) is 1.75. The summed E-state index contributed by atoms with van der Waals surface area (Å²) in [4.78, 5) is 0. The third-order valence-electron chi connectivity index (χ3n) is 2.25. The standard InChI is InChI=1S/C9H18O5S/c1-4(2)13-9-8(12)7(11)6(10)5(3-15)14-9/h4-12,15H,3H2,1-2H3/t5-,6+,7+,8-,9+/m1/s1. The van der Waals surface area contributed by atoms with Crippen LogP contribution in [-0.4, -0.2) is 57.9 Å². The second kappa shape index (κ2) is 5.47. The largest absolute Gasteiger partial charge is 0.388 e. The molecule has 0 saturated carbocycles. The fourth-order valence-electron chi connectivity index (χ4n) is 1.45. The van der Waals surface area contributed by atoms with Crippen LogP contribution in [0.5, 0.6) is 0 Å². The highest BCUT2D eigenvalue weighted by molar-refractivity contribution is 7.80. The molecule has 0 aromatic rings. The zero-order valence-corrected chi connectivity index (χ0v) is 9.67. The Morgan fingerprint density at radius 3 is 2.27 bits per heavy atom. The van der Waals surface area contributed by atoms with Gasteiger partial charge in [0.2, 0.25) is 0 Å². The van der Waals surface area contributed by atoms with Crippen LogP contribution in [-0.2, 0) is 9.47 Å². The van der Waals surface area contributed by atoms with E-state index in [0.717, 1.165) is 0 Å². The van der Waals surface area contributed by atoms with Crippen molar-refractivity contribution in [3.63, 3.8) is 0 Å². The number of rotatable bonds is 3. The normalized spacial score (nSPS) is 42.2. The first kappa shape index (κ1) is 13.2. The maximum absolute atomic E-state index is 9.59. The summed E-state index contributed by atoms with van der Waals surface area (Å²) in [6.45, 7) is 3.59. The maximum Gasteiger partial charge on any atom is 0.186 e. The average molecular weight is 238 g/mol. The highest BCUT2D eigenvalue weighted by atomic mass is 32.1. The van der Waals surface area contributed by atoms with Crippen molar-refractivity contribution >= 4 is 12.6 Å². The summed E-state index contributed by atoms with van der Waals surface area (Å²) in [5, 5.41) is 28.6. The molecule has 6 heteroatoms. The molecule has 1 heterocycles. The summed E-state index contributed by atoms with van der Waals surface area (Å²) < 4.78 is 10.6. The van der Waals surface area contributed by atoms with Crippen LogP contribution in [0, 0.1) is 0 Å². The van der Waals surface area contributed by atoms with Crippen molar-refractivity contribution in [1.29, 1.82) is 0 Å². The van der Waals surface area contributed by atoms with Crippen molar-refractivity contribution in [2.24, 2.45) is 0 Å². The van der Waals surface area contributed by atoms with Gasteiger partial charge >= 0.3 is 0 Å². The number of aliphatic hydroxyl groups excluding tert-OH is 3. The van der Waals surface area contributed by atoms with Gasteiger partial charge in [0.25, 0.3) is 0 Å². The SMILES string of the molecule is CC(C)O[C@H]1O[C@H](CS)[C@H](O)[C@H](O)[C@H]1O. The summed E-state index contributed by atoms with van der Waals surface area (Å²) in [5.74, 6) is 0.253. The first-order valence-corrected chi connectivity index (χ1v) is 5.56. The topological polar surface area (TPSA) is 79.2 Å². The van der Waals surface area contributed by atoms with Gasteiger partial charge in [0, 0.05) is 5.75 Å². The number of hydrogen-bond donors (Lipinski definition) is 4. The lowest BCUT2D eigenvalue weighted by Gasteiger charge is -2.40. The Morgan fingerprint density at radius 1 is 1.20 bits per heavy atom. The van der Waals surface area contributed by atoms with Crippen LogP contribution in [0.25, 0.3) is 0 Å². The van der Waals surface area contributed by atoms with Gasteiger partial charge in [-0.1, -0.05) is 0 Å². The molecule has 0 radical (unpaired) electrons. The van der Waals surface area contributed by atoms with Gasteiger partial charge in [-0.2, -0.15) is 12.6 Å². The predicted molar refractivity (Wildman–Crippen MR) is 56.8 cm³/mol. The summed E-state index contributed by atoms with van der Waals surface area (Å²) in [6, 6.07) is 0. The number of hydrogen-bond acceptors (Lipinski definition) is 6. The Hall–Kier alpha value is 0.150. The predicted octanol–water partition coefficient (Wildman–Crippen LogP) is -0.851. The van der Waals surface area contributed by atoms with E-state index in [9.17, 15) is 15.3 Å². The molecule has 3 N–H and O–H groups in total. The van der Waals surface area contributed by atoms with Gasteiger partial charge in [0.1, 0.15) is 18.3 Å². The van der Waals surface area contributed by atoms with Crippen molar-refractivity contribution in [1.82, 2.24) is 0 Å². The smallest absolute Gasteiger partial charge is 0.186 e. The summed E-state index contributed by atoms with van der Waals surface area (Å²) in [5.41, 5.74) is 0. The van der Waals surface area contributed by atoms with Crippen LogP contribution in [0.15, 0.2) is 0 Å². The summed E-state index contributed by atoms with van der Waals surface area (Å²) in [7, 11) is 0. The van der Waals surface area contributed by atoms with Crippen LogP contribution >= 0.6 is 12.6 Å². The van der Waals surface area contributed by atoms with Crippen LogP contribution in [0.1, 0.15) is 13.8 Å². The zero-order chi connectivity index (χ0) is 11.6. The molecule has 0 amide bonds. The molecule has 15 heavy (non-hydrogen) atoms. The summed E-state index contributed by atoms with van der Waals surface area (Å²) in [6.07, 6.45) is -5.31. The van der Waals surface area contributed by atoms with E-state index >= 15 is 0 Å². The average Bonchev–Trinajstić information content (AvgIpc) is 2.18. The first-order valence-electron chi connectivity index (χ1n) is 4.93. The molecule has 0 aromatic heterocycles. The number of ether oxygens (including phenoxy) is 2. The second-order valence-corrected chi connectivity index (χ2v) is 4.25. The van der Waals surface area contributed by atoms with Crippen LogP contribution in [0.3, 0.4) is 0 Å². The Kier molecular flexibility index (Phi) is 4.82. The molecule has 0 unspecified atom stereocenters. The molecule has 5 atom stereocenters. The molecular weight excluding hydrogens is 220 g/mol. The maximum atomic E-state index is 9.59. The molecule has 0 bridgehead atoms. The molecule has 1 saturated heterocycles. The molecule has 0 aliphatic carbocycles. The Labute approximate surface area is 94.4 Å². The lowest BCUT2D eigenvalue weighted by Crippen LogP contribution is -2.59. The molecule has 1 rings (SSSR count). The van der Waals surface area contributed by atoms with Crippen LogP contribution in [0.2, 0.25) is 0 Å². The van der Waals surface area contributed by atoms with E-state index in [1.807, 2.05) is 0 Å². The van der Waals surface area contributed by atoms with Gasteiger partial charge in [0.05, 0.1) is 12.2 Å². The van der Waals surface area contributed by atoms with Gasteiger partial charge in [-0.05, 0) is 13.8 Å². The van der Waals surface area contributed by atoms with Crippen molar-refractivity contribution in [2.75, 3.05) is 5.75 Å². The molecule has 1 fully saturated rings. The number of thiol groups is 1. The lowest BCUT2D eigenvalue weighted by molar-refractivity contribution is -0.300. The molecule has 0 spiro atoms. The van der Waals surface area contributed by atoms with E-state index in [0.29, 0.717) is 0 Å². The van der Waals surface area contributed by atoms with Gasteiger partial charge in [-0.25, -0.2) is 0 Å². The van der Waals surface area contributed by atoms with Gasteiger partial charge in [-0.15, -0.1) is 0 Å². The Bertz CT molecular complexity index is 199. The van der Waals surface area contributed by atoms with Gasteiger partial charge < -0.3 is 24.8 Å². The first-order chi connectivity index (χ1) is 6.97. The third kappa shape index (κ3) is 3.05. The lowest BCUT2D eigenvalue weighted by atomic mass is 10.00. The van der Waals surface area contributed by atoms with Crippen LogP contribution in [0.4, 0.5) is 0 Å². The number of aliphatic hydroxyl groups is 3. The van der Waals surface area contributed by atoms with Crippen molar-refractivity contribution < 1.29 is 24.8 Å². The summed E-state index contributed by atoms with van der Waals surface area (Å²) >= 11 is 3.99. The van der Waals surface area contributed by atoms with Crippen molar-refractivity contribution in [2.45, 2.75) is 50.7 Å². The molecule has 90 valence electrons. The monoisotopic (exact) mass is 238 g/mol. The highest BCUT2D eigenvalue weighted by Crippen LogP contribution is 2.23. The van der Waals surface area contributed by atoms with E-state index in [2.05, 4.69) is 12.6 Å². The second-order valence-electron chi connectivity index (χ2n) is 3.88. The van der Waals surface area contributed by atoms with Crippen LogP contribution < -0.4 is 0 Å². The minimum atomic E-state index is -1.26. The highest BCUT2D eigenvalue weighted by Gasteiger charge is 2.43. The molecular formula is C9H18O5S. The van der Waals surface area contributed by atoms with Gasteiger partial charge in [0.15, 0.2) is 6.29 Å². The Balaban J connectivity index is 2.65. The minimum absolute atomic E-state index is 0.132. The third-order valence-corrected chi connectivity index (χ3v) is 2.61. The quantitative estimate of drug-likeness (QED) is 0.482. The van der Waals surface area contributed by atoms with E-state index in [-0.39, 0.29) is 11.9 Å². The Morgan fingerprint density at radius 2 is 1.80 bits per heavy atom. The molecule has 0 aromatic carbocycles. The molecule has 5 nitrogen and oxygen atoms in total. The minimum Gasteiger partial charge on any atom is -0.388 e. The van der Waals surface area contributed by atoms with Crippen molar-refractivity contribution in [3.8, 4) is 0 Å². The zero-order valence-electron chi connectivity index (χ0n) is 8.78. The van der Waals surface area contributed by atoms with E-state index in [1.54, 1.807) is 13.8 Å². The van der Waals surface area contributed by atoms with Crippen molar-refractivity contribution in [3.05, 3.63) is 0 Å².